The van der Waals surface area contributed by atoms with Gasteiger partial charge in [-0.15, -0.1) is 0 Å². The molecule has 0 aromatic carbocycles. The van der Waals surface area contributed by atoms with Crippen molar-refractivity contribution in [2.24, 2.45) is 0 Å². The molecule has 0 bridgehead atoms. The van der Waals surface area contributed by atoms with E-state index in [4.69, 9.17) is 16.3 Å². The van der Waals surface area contributed by atoms with E-state index in [0.717, 1.165) is 5.56 Å². The number of pyridine rings is 1. The fourth-order valence-corrected chi connectivity index (χ4v) is 2.74. The maximum atomic E-state index is 12.0. The highest BCUT2D eigenvalue weighted by Crippen LogP contribution is 2.29. The molecule has 132 valence electrons. The van der Waals surface area contributed by atoms with Crippen molar-refractivity contribution in [3.05, 3.63) is 45.5 Å². The van der Waals surface area contributed by atoms with Crippen LogP contribution in [0.25, 0.3) is 0 Å². The summed E-state index contributed by atoms with van der Waals surface area (Å²) >= 11 is 5.86. The third-order valence-electron chi connectivity index (χ3n) is 3.93. The molecule has 2 aromatic heterocycles. The number of hydrogen-bond acceptors (Lipinski definition) is 6. The lowest BCUT2D eigenvalue weighted by Gasteiger charge is -2.27. The van der Waals surface area contributed by atoms with E-state index in [1.807, 2.05) is 20.8 Å². The summed E-state index contributed by atoms with van der Waals surface area (Å²) in [5.41, 5.74) is -0.0500. The maximum absolute atomic E-state index is 12.0. The zero-order valence-electron chi connectivity index (χ0n) is 14.0. The smallest absolute Gasteiger partial charge is 0.416 e. The minimum Gasteiger partial charge on any atom is -0.447 e. The number of H-pyrrole nitrogens is 1. The number of carbonyl (C=O) groups excluding carboxylic acids is 1. The molecule has 3 rings (SSSR count). The SMILES string of the molecule is C[C@H](Nc1nccc(N2C(=O)OCC2(C)C)n1)c1c[nH]c(=O)c(Cl)c1. The molecule has 0 saturated carbocycles. The third-order valence-corrected chi connectivity index (χ3v) is 4.21. The van der Waals surface area contributed by atoms with E-state index in [-0.39, 0.29) is 16.6 Å². The van der Waals surface area contributed by atoms with Gasteiger partial charge in [0.1, 0.15) is 17.4 Å². The minimum atomic E-state index is -0.485. The predicted octanol–water partition coefficient (Wildman–Crippen LogP) is 2.73. The zero-order valence-corrected chi connectivity index (χ0v) is 14.8. The van der Waals surface area contributed by atoms with Crippen molar-refractivity contribution < 1.29 is 9.53 Å². The van der Waals surface area contributed by atoms with Gasteiger partial charge in [0.15, 0.2) is 0 Å². The molecule has 2 aromatic rings. The topological polar surface area (TPSA) is 100 Å². The lowest BCUT2D eigenvalue weighted by Crippen LogP contribution is -2.42. The summed E-state index contributed by atoms with van der Waals surface area (Å²) in [7, 11) is 0. The Morgan fingerprint density at radius 2 is 2.20 bits per heavy atom. The number of hydrogen-bond donors (Lipinski definition) is 2. The van der Waals surface area contributed by atoms with Crippen LogP contribution in [-0.2, 0) is 4.74 Å². The Kier molecular flexibility index (Phi) is 4.38. The highest BCUT2D eigenvalue weighted by Gasteiger charge is 2.41. The number of rotatable bonds is 4. The second-order valence-electron chi connectivity index (χ2n) is 6.42. The summed E-state index contributed by atoms with van der Waals surface area (Å²) in [5, 5.41) is 3.24. The van der Waals surface area contributed by atoms with Crippen LogP contribution < -0.4 is 15.8 Å². The van der Waals surface area contributed by atoms with Crippen LogP contribution >= 0.6 is 11.6 Å². The second-order valence-corrected chi connectivity index (χ2v) is 6.82. The average molecular weight is 364 g/mol. The Morgan fingerprint density at radius 3 is 2.84 bits per heavy atom. The van der Waals surface area contributed by atoms with Crippen molar-refractivity contribution in [1.29, 1.82) is 0 Å². The molecular weight excluding hydrogens is 346 g/mol. The Bertz CT molecular complexity index is 867. The predicted molar refractivity (Wildman–Crippen MR) is 94.0 cm³/mol. The molecule has 0 radical (unpaired) electrons. The maximum Gasteiger partial charge on any atom is 0.416 e. The van der Waals surface area contributed by atoms with Crippen molar-refractivity contribution in [3.8, 4) is 0 Å². The van der Waals surface area contributed by atoms with Crippen LogP contribution in [0.2, 0.25) is 5.02 Å². The minimum absolute atomic E-state index is 0.113. The quantitative estimate of drug-likeness (QED) is 0.866. The monoisotopic (exact) mass is 363 g/mol. The van der Waals surface area contributed by atoms with Crippen LogP contribution in [-0.4, -0.2) is 33.2 Å². The highest BCUT2D eigenvalue weighted by atomic mass is 35.5. The van der Waals surface area contributed by atoms with Crippen LogP contribution in [0, 0.1) is 0 Å². The van der Waals surface area contributed by atoms with E-state index in [9.17, 15) is 9.59 Å². The van der Waals surface area contributed by atoms with E-state index < -0.39 is 11.6 Å². The first-order valence-electron chi connectivity index (χ1n) is 7.72. The normalized spacial score (nSPS) is 17.3. The van der Waals surface area contributed by atoms with Crippen molar-refractivity contribution in [2.45, 2.75) is 32.4 Å². The van der Waals surface area contributed by atoms with Gasteiger partial charge in [-0.05, 0) is 38.5 Å². The zero-order chi connectivity index (χ0) is 18.2. The summed E-state index contributed by atoms with van der Waals surface area (Å²) in [4.78, 5) is 36.0. The first-order chi connectivity index (χ1) is 11.8. The van der Waals surface area contributed by atoms with Gasteiger partial charge in [0, 0.05) is 12.4 Å². The Hall–Kier alpha value is -2.61. The molecule has 1 aliphatic heterocycles. The standard InChI is InChI=1S/C16H18ClN5O3/c1-9(10-6-11(17)13(23)19-7-10)20-14-18-5-4-12(21-14)22-15(24)25-8-16(22,2)3/h4-7,9H,8H2,1-3H3,(H,19,23)(H,18,20,21)/t9-/m0/s1. The van der Waals surface area contributed by atoms with E-state index in [0.29, 0.717) is 18.4 Å². The van der Waals surface area contributed by atoms with Crippen LogP contribution in [0.15, 0.2) is 29.3 Å². The van der Waals surface area contributed by atoms with E-state index >= 15 is 0 Å². The van der Waals surface area contributed by atoms with Gasteiger partial charge in [-0.1, -0.05) is 11.6 Å². The molecule has 1 saturated heterocycles. The van der Waals surface area contributed by atoms with Crippen molar-refractivity contribution in [2.75, 3.05) is 16.8 Å². The fourth-order valence-electron chi connectivity index (χ4n) is 2.56. The molecule has 1 amide bonds. The first-order valence-corrected chi connectivity index (χ1v) is 8.10. The third kappa shape index (κ3) is 3.43. The molecule has 2 N–H and O–H groups in total. The lowest BCUT2D eigenvalue weighted by atomic mass is 10.1. The van der Waals surface area contributed by atoms with E-state index in [1.165, 1.54) is 4.90 Å². The van der Waals surface area contributed by atoms with Gasteiger partial charge >= 0.3 is 6.09 Å². The summed E-state index contributed by atoms with van der Waals surface area (Å²) < 4.78 is 5.11. The molecule has 3 heterocycles. The highest BCUT2D eigenvalue weighted by molar-refractivity contribution is 6.30. The van der Waals surface area contributed by atoms with Crippen molar-refractivity contribution in [3.63, 3.8) is 0 Å². The van der Waals surface area contributed by atoms with E-state index in [1.54, 1.807) is 24.5 Å². The van der Waals surface area contributed by atoms with Gasteiger partial charge in [0.25, 0.3) is 5.56 Å². The molecular formula is C16H18ClN5O3. The molecule has 8 nitrogen and oxygen atoms in total. The molecule has 25 heavy (non-hydrogen) atoms. The van der Waals surface area contributed by atoms with Gasteiger partial charge in [-0.3, -0.25) is 9.69 Å². The molecule has 9 heteroatoms. The number of nitrogens with one attached hydrogen (secondary N) is 2. The van der Waals surface area contributed by atoms with Gasteiger partial charge in [0.2, 0.25) is 5.95 Å². The number of ether oxygens (including phenoxy) is 1. The van der Waals surface area contributed by atoms with Crippen LogP contribution in [0.3, 0.4) is 0 Å². The van der Waals surface area contributed by atoms with Crippen LogP contribution in [0.4, 0.5) is 16.6 Å². The largest absolute Gasteiger partial charge is 0.447 e. The van der Waals surface area contributed by atoms with Crippen molar-refractivity contribution in [1.82, 2.24) is 15.0 Å². The Labute approximate surface area is 149 Å². The molecule has 0 aliphatic carbocycles. The van der Waals surface area contributed by atoms with E-state index in [2.05, 4.69) is 20.3 Å². The molecule has 0 spiro atoms. The summed E-state index contributed by atoms with van der Waals surface area (Å²) in [6, 6.07) is 3.03. The molecule has 1 atom stereocenters. The number of amides is 1. The Balaban J connectivity index is 1.83. The van der Waals surface area contributed by atoms with Gasteiger partial charge in [0.05, 0.1) is 11.6 Å². The molecule has 1 fully saturated rings. The first kappa shape index (κ1) is 17.2. The average Bonchev–Trinajstić information content (AvgIpc) is 2.83. The number of cyclic esters (lactones) is 1. The van der Waals surface area contributed by atoms with Crippen LogP contribution in [0.1, 0.15) is 32.4 Å². The molecule has 1 aliphatic rings. The van der Waals surface area contributed by atoms with Gasteiger partial charge < -0.3 is 15.0 Å². The molecule has 0 unspecified atom stereocenters. The van der Waals surface area contributed by atoms with Crippen LogP contribution in [0.5, 0.6) is 0 Å². The number of anilines is 2. The number of aromatic amines is 1. The lowest BCUT2D eigenvalue weighted by molar-refractivity contribution is 0.175. The summed E-state index contributed by atoms with van der Waals surface area (Å²) in [6.07, 6.45) is 2.71. The summed E-state index contributed by atoms with van der Waals surface area (Å²) in [6.45, 7) is 5.98. The van der Waals surface area contributed by atoms with Gasteiger partial charge in [-0.25, -0.2) is 9.78 Å². The number of nitrogens with zero attached hydrogens (tertiary/aromatic N) is 3. The Morgan fingerprint density at radius 1 is 1.44 bits per heavy atom. The second kappa shape index (κ2) is 6.36. The number of halogens is 1. The fraction of sp³-hybridized carbons (Fsp3) is 0.375. The number of carbonyl (C=O) groups is 1. The van der Waals surface area contributed by atoms with Crippen molar-refractivity contribution >= 4 is 29.5 Å². The van der Waals surface area contributed by atoms with Gasteiger partial charge in [-0.2, -0.15) is 4.98 Å². The summed E-state index contributed by atoms with van der Waals surface area (Å²) in [5.74, 6) is 0.805. The number of aromatic nitrogens is 3.